The average molecular weight is 345 g/mol. The monoisotopic (exact) mass is 345 g/mol. The molecule has 0 unspecified atom stereocenters. The number of nitrogens with one attached hydrogen (secondary N) is 1. The summed E-state index contributed by atoms with van der Waals surface area (Å²) in [6.45, 7) is 0.580. The molecule has 1 amide bonds. The molecule has 0 saturated carbocycles. The van der Waals surface area contributed by atoms with Crippen molar-refractivity contribution in [3.8, 4) is 0 Å². The van der Waals surface area contributed by atoms with Crippen LogP contribution in [0.3, 0.4) is 0 Å². The lowest BCUT2D eigenvalue weighted by Crippen LogP contribution is -2.13. The van der Waals surface area contributed by atoms with Crippen LogP contribution in [0.4, 0.5) is 10.1 Å². The SMILES string of the molecule is O=C(Nc1cnn(Cc2cccc3ccccc23)c1)c1ccccc1F. The molecule has 4 aromatic rings. The number of fused-ring (bicyclic) bond motifs is 1. The molecule has 0 aliphatic carbocycles. The lowest BCUT2D eigenvalue weighted by Gasteiger charge is -2.07. The Labute approximate surface area is 149 Å². The van der Waals surface area contributed by atoms with Crippen LogP contribution in [0.15, 0.2) is 79.1 Å². The minimum absolute atomic E-state index is 0.00861. The maximum absolute atomic E-state index is 13.7. The molecule has 1 N–H and O–H groups in total. The number of rotatable bonds is 4. The van der Waals surface area contributed by atoms with Gasteiger partial charge in [0.25, 0.3) is 5.91 Å². The van der Waals surface area contributed by atoms with Gasteiger partial charge in [0.2, 0.25) is 0 Å². The van der Waals surface area contributed by atoms with E-state index >= 15 is 0 Å². The lowest BCUT2D eigenvalue weighted by molar-refractivity contribution is 0.102. The highest BCUT2D eigenvalue weighted by atomic mass is 19.1. The van der Waals surface area contributed by atoms with E-state index in [4.69, 9.17) is 0 Å². The largest absolute Gasteiger partial charge is 0.319 e. The molecule has 0 bridgehead atoms. The second kappa shape index (κ2) is 6.80. The Hall–Kier alpha value is -3.47. The van der Waals surface area contributed by atoms with Gasteiger partial charge in [0.15, 0.2) is 0 Å². The van der Waals surface area contributed by atoms with Crippen LogP contribution in [-0.2, 0) is 6.54 Å². The minimum Gasteiger partial charge on any atom is -0.319 e. The van der Waals surface area contributed by atoms with Crippen LogP contribution in [0, 0.1) is 5.82 Å². The summed E-state index contributed by atoms with van der Waals surface area (Å²) in [4.78, 5) is 12.2. The van der Waals surface area contributed by atoms with Crippen LogP contribution in [0.5, 0.6) is 0 Å². The molecule has 0 radical (unpaired) electrons. The minimum atomic E-state index is -0.548. The summed E-state index contributed by atoms with van der Waals surface area (Å²) in [7, 11) is 0. The smallest absolute Gasteiger partial charge is 0.258 e. The van der Waals surface area contributed by atoms with Gasteiger partial charge in [-0.25, -0.2) is 4.39 Å². The molecular weight excluding hydrogens is 329 g/mol. The molecule has 0 spiro atoms. The molecule has 4 rings (SSSR count). The Balaban J connectivity index is 1.53. The number of hydrogen-bond acceptors (Lipinski definition) is 2. The third-order valence-corrected chi connectivity index (χ3v) is 4.22. The summed E-state index contributed by atoms with van der Waals surface area (Å²) in [5, 5.41) is 9.32. The summed E-state index contributed by atoms with van der Waals surface area (Å²) in [5.41, 5.74) is 1.67. The first-order chi connectivity index (χ1) is 12.7. The van der Waals surface area contributed by atoms with E-state index in [1.54, 1.807) is 29.2 Å². The van der Waals surface area contributed by atoms with Crippen LogP contribution in [0.1, 0.15) is 15.9 Å². The van der Waals surface area contributed by atoms with Crippen molar-refractivity contribution in [1.82, 2.24) is 9.78 Å². The van der Waals surface area contributed by atoms with Gasteiger partial charge < -0.3 is 5.32 Å². The standard InChI is InChI=1S/C21H16FN3O/c22-20-11-4-3-10-19(20)21(26)24-17-12-23-25(14-17)13-16-8-5-7-15-6-1-2-9-18(15)16/h1-12,14H,13H2,(H,24,26). The van der Waals surface area contributed by atoms with E-state index in [1.807, 2.05) is 18.2 Å². The van der Waals surface area contributed by atoms with E-state index in [1.165, 1.54) is 22.9 Å². The molecule has 0 saturated heterocycles. The maximum atomic E-state index is 13.7. The molecule has 0 atom stereocenters. The zero-order valence-electron chi connectivity index (χ0n) is 13.9. The van der Waals surface area contributed by atoms with Gasteiger partial charge in [-0.2, -0.15) is 5.10 Å². The Morgan fingerprint density at radius 2 is 1.77 bits per heavy atom. The fraction of sp³-hybridized carbons (Fsp3) is 0.0476. The Morgan fingerprint density at radius 3 is 2.65 bits per heavy atom. The summed E-state index contributed by atoms with van der Waals surface area (Å²) in [6, 6.07) is 20.2. The normalized spacial score (nSPS) is 10.8. The first-order valence-electron chi connectivity index (χ1n) is 8.26. The topological polar surface area (TPSA) is 46.9 Å². The first kappa shape index (κ1) is 16.0. The number of carbonyl (C=O) groups excluding carboxylic acids is 1. The van der Waals surface area contributed by atoms with Gasteiger partial charge in [-0.05, 0) is 28.5 Å². The quantitative estimate of drug-likeness (QED) is 0.593. The van der Waals surface area contributed by atoms with Gasteiger partial charge in [-0.1, -0.05) is 54.6 Å². The predicted molar refractivity (Wildman–Crippen MR) is 99.6 cm³/mol. The number of benzene rings is 3. The third-order valence-electron chi connectivity index (χ3n) is 4.22. The van der Waals surface area contributed by atoms with Crippen LogP contribution in [-0.4, -0.2) is 15.7 Å². The molecule has 128 valence electrons. The average Bonchev–Trinajstić information content (AvgIpc) is 3.09. The molecule has 1 aromatic heterocycles. The Morgan fingerprint density at radius 1 is 1.00 bits per heavy atom. The highest BCUT2D eigenvalue weighted by molar-refractivity contribution is 6.04. The summed E-state index contributed by atoms with van der Waals surface area (Å²) in [6.07, 6.45) is 3.30. The predicted octanol–water partition coefficient (Wildman–Crippen LogP) is 4.48. The number of amides is 1. The van der Waals surface area contributed by atoms with E-state index in [9.17, 15) is 9.18 Å². The van der Waals surface area contributed by atoms with Crippen LogP contribution < -0.4 is 5.32 Å². The van der Waals surface area contributed by atoms with Gasteiger partial charge in [0.1, 0.15) is 5.82 Å². The van der Waals surface area contributed by atoms with Crippen molar-refractivity contribution >= 4 is 22.4 Å². The zero-order valence-corrected chi connectivity index (χ0v) is 13.9. The summed E-state index contributed by atoms with van der Waals surface area (Å²) in [5.74, 6) is -1.04. The van der Waals surface area contributed by atoms with Crippen molar-refractivity contribution in [1.29, 1.82) is 0 Å². The molecule has 0 aliphatic heterocycles. The summed E-state index contributed by atoms with van der Waals surface area (Å²) >= 11 is 0. The van der Waals surface area contributed by atoms with Crippen molar-refractivity contribution < 1.29 is 9.18 Å². The van der Waals surface area contributed by atoms with E-state index in [0.717, 1.165) is 5.56 Å². The Kier molecular flexibility index (Phi) is 4.19. The fourth-order valence-corrected chi connectivity index (χ4v) is 2.96. The van der Waals surface area contributed by atoms with Crippen molar-refractivity contribution in [2.24, 2.45) is 0 Å². The van der Waals surface area contributed by atoms with Crippen molar-refractivity contribution in [2.75, 3.05) is 5.32 Å². The molecule has 4 nitrogen and oxygen atoms in total. The van der Waals surface area contributed by atoms with Crippen molar-refractivity contribution in [2.45, 2.75) is 6.54 Å². The van der Waals surface area contributed by atoms with E-state index in [2.05, 4.69) is 34.7 Å². The fourth-order valence-electron chi connectivity index (χ4n) is 2.96. The number of halogens is 1. The molecule has 0 fully saturated rings. The van der Waals surface area contributed by atoms with Gasteiger partial charge >= 0.3 is 0 Å². The highest BCUT2D eigenvalue weighted by Gasteiger charge is 2.12. The molecular formula is C21H16FN3O. The molecule has 26 heavy (non-hydrogen) atoms. The van der Waals surface area contributed by atoms with E-state index < -0.39 is 11.7 Å². The third kappa shape index (κ3) is 3.19. The first-order valence-corrected chi connectivity index (χ1v) is 8.26. The molecule has 1 heterocycles. The molecule has 3 aromatic carbocycles. The van der Waals surface area contributed by atoms with E-state index in [-0.39, 0.29) is 5.56 Å². The highest BCUT2D eigenvalue weighted by Crippen LogP contribution is 2.20. The van der Waals surface area contributed by atoms with Gasteiger partial charge in [0, 0.05) is 6.20 Å². The van der Waals surface area contributed by atoms with Crippen LogP contribution >= 0.6 is 0 Å². The summed E-state index contributed by atoms with van der Waals surface area (Å²) < 4.78 is 15.5. The van der Waals surface area contributed by atoms with Crippen LogP contribution in [0.2, 0.25) is 0 Å². The second-order valence-electron chi connectivity index (χ2n) is 6.00. The number of nitrogens with zero attached hydrogens (tertiary/aromatic N) is 2. The van der Waals surface area contributed by atoms with Gasteiger partial charge in [0.05, 0.1) is 24.0 Å². The Bertz CT molecular complexity index is 1080. The number of aromatic nitrogens is 2. The van der Waals surface area contributed by atoms with Crippen molar-refractivity contribution in [3.63, 3.8) is 0 Å². The van der Waals surface area contributed by atoms with Crippen LogP contribution in [0.25, 0.3) is 10.8 Å². The molecule has 0 aliphatic rings. The molecule has 5 heteroatoms. The zero-order chi connectivity index (χ0) is 17.9. The lowest BCUT2D eigenvalue weighted by atomic mass is 10.0. The van der Waals surface area contributed by atoms with Crippen molar-refractivity contribution in [3.05, 3.63) is 96.1 Å². The van der Waals surface area contributed by atoms with Gasteiger partial charge in [-0.15, -0.1) is 0 Å². The maximum Gasteiger partial charge on any atom is 0.258 e. The number of anilines is 1. The van der Waals surface area contributed by atoms with Gasteiger partial charge in [-0.3, -0.25) is 9.48 Å². The number of carbonyl (C=O) groups is 1. The second-order valence-corrected chi connectivity index (χ2v) is 6.00. The number of hydrogen-bond donors (Lipinski definition) is 1. The van der Waals surface area contributed by atoms with E-state index in [0.29, 0.717) is 12.2 Å².